The number of sulfonamides is 1. The molecule has 0 aliphatic rings. The van der Waals surface area contributed by atoms with Gasteiger partial charge in [0.15, 0.2) is 0 Å². The Bertz CT molecular complexity index is 721. The van der Waals surface area contributed by atoms with Gasteiger partial charge in [0, 0.05) is 4.47 Å². The van der Waals surface area contributed by atoms with E-state index in [0.29, 0.717) is 16.1 Å². The van der Waals surface area contributed by atoms with Crippen molar-refractivity contribution in [3.8, 4) is 0 Å². The Kier molecular flexibility index (Phi) is 4.17. The fourth-order valence-corrected chi connectivity index (χ4v) is 3.23. The normalized spacial score (nSPS) is 11.8. The Balaban J connectivity index is 2.21. The van der Waals surface area contributed by atoms with Crippen molar-refractivity contribution < 1.29 is 12.8 Å². The quantitative estimate of drug-likeness (QED) is 0.814. The van der Waals surface area contributed by atoms with Gasteiger partial charge in [-0.15, -0.1) is 0 Å². The van der Waals surface area contributed by atoms with Gasteiger partial charge >= 0.3 is 0 Å². The molecular weight excluding hydrogens is 346 g/mol. The van der Waals surface area contributed by atoms with Crippen LogP contribution in [0.1, 0.15) is 17.3 Å². The highest BCUT2D eigenvalue weighted by molar-refractivity contribution is 9.10. The molecule has 3 N–H and O–H groups in total. The van der Waals surface area contributed by atoms with Crippen LogP contribution in [0.2, 0.25) is 0 Å². The highest BCUT2D eigenvalue weighted by Gasteiger charge is 2.19. The number of hydrogen-bond donors (Lipinski definition) is 2. The Hall–Kier alpha value is -1.38. The number of hydrogen-bond acceptors (Lipinski definition) is 5. The van der Waals surface area contributed by atoms with Crippen molar-refractivity contribution in [2.75, 3.05) is 5.73 Å². The van der Waals surface area contributed by atoms with Gasteiger partial charge in [-0.05, 0) is 32.0 Å². The molecule has 1 aromatic carbocycles. The second-order valence-electron chi connectivity index (χ2n) is 4.26. The van der Waals surface area contributed by atoms with Crippen molar-refractivity contribution in [2.24, 2.45) is 0 Å². The molecule has 0 aliphatic carbocycles. The van der Waals surface area contributed by atoms with E-state index in [2.05, 4.69) is 25.6 Å². The molecule has 0 radical (unpaired) electrons. The van der Waals surface area contributed by atoms with Crippen LogP contribution in [0.25, 0.3) is 0 Å². The van der Waals surface area contributed by atoms with Crippen molar-refractivity contribution >= 4 is 31.6 Å². The minimum absolute atomic E-state index is 0.0203. The van der Waals surface area contributed by atoms with Crippen molar-refractivity contribution in [3.05, 3.63) is 40.0 Å². The largest absolute Gasteiger partial charge is 0.444 e. The predicted molar refractivity (Wildman–Crippen MR) is 78.6 cm³/mol. The first-order valence-corrected chi connectivity index (χ1v) is 8.05. The van der Waals surface area contributed by atoms with Gasteiger partial charge in [0.05, 0.1) is 17.9 Å². The standard InChI is InChI=1S/C12H14BrN3O3S/c1-7-8(2)19-12(16-7)6-15-20(17,18)11-5-9(13)3-4-10(11)14/h3-5,15H,6,14H2,1-2H3. The zero-order valence-corrected chi connectivity index (χ0v) is 13.4. The predicted octanol–water partition coefficient (Wildman–Crippen LogP) is 2.11. The van der Waals surface area contributed by atoms with Crippen molar-refractivity contribution in [2.45, 2.75) is 25.3 Å². The number of anilines is 1. The lowest BCUT2D eigenvalue weighted by Gasteiger charge is -2.08. The molecule has 0 amide bonds. The number of aryl methyl sites for hydroxylation is 2. The van der Waals surface area contributed by atoms with E-state index >= 15 is 0 Å². The second-order valence-corrected chi connectivity index (χ2v) is 6.91. The van der Waals surface area contributed by atoms with Gasteiger partial charge in [-0.1, -0.05) is 15.9 Å². The Morgan fingerprint density at radius 3 is 2.70 bits per heavy atom. The molecule has 0 fully saturated rings. The number of nitrogens with two attached hydrogens (primary N) is 1. The Labute approximate surface area is 125 Å². The molecule has 0 spiro atoms. The van der Waals surface area contributed by atoms with Crippen LogP contribution in [0.5, 0.6) is 0 Å². The molecule has 0 unspecified atom stereocenters. The minimum atomic E-state index is -3.72. The van der Waals surface area contributed by atoms with Crippen LogP contribution >= 0.6 is 15.9 Å². The van der Waals surface area contributed by atoms with Gasteiger partial charge in [0.25, 0.3) is 0 Å². The zero-order chi connectivity index (χ0) is 14.9. The Morgan fingerprint density at radius 2 is 2.10 bits per heavy atom. The van der Waals surface area contributed by atoms with Crippen LogP contribution in [0.15, 0.2) is 32.0 Å². The summed E-state index contributed by atoms with van der Waals surface area (Å²) in [7, 11) is -3.72. The van der Waals surface area contributed by atoms with E-state index in [1.54, 1.807) is 19.9 Å². The molecule has 0 bridgehead atoms. The molecule has 2 rings (SSSR count). The third kappa shape index (κ3) is 3.20. The number of halogens is 1. The maximum atomic E-state index is 12.2. The SMILES string of the molecule is Cc1nc(CNS(=O)(=O)c2cc(Br)ccc2N)oc1C. The van der Waals surface area contributed by atoms with Gasteiger partial charge in [-0.3, -0.25) is 0 Å². The molecule has 0 aliphatic heterocycles. The lowest BCUT2D eigenvalue weighted by atomic mass is 10.3. The summed E-state index contributed by atoms with van der Waals surface area (Å²) in [5, 5.41) is 0. The number of benzene rings is 1. The van der Waals surface area contributed by atoms with E-state index in [1.165, 1.54) is 12.1 Å². The van der Waals surface area contributed by atoms with Gasteiger partial charge < -0.3 is 10.2 Å². The van der Waals surface area contributed by atoms with E-state index in [9.17, 15) is 8.42 Å². The molecule has 0 saturated heterocycles. The lowest BCUT2D eigenvalue weighted by Crippen LogP contribution is -2.24. The van der Waals surface area contributed by atoms with Crippen molar-refractivity contribution in [3.63, 3.8) is 0 Å². The zero-order valence-electron chi connectivity index (χ0n) is 11.0. The highest BCUT2D eigenvalue weighted by Crippen LogP contribution is 2.23. The maximum absolute atomic E-state index is 12.2. The highest BCUT2D eigenvalue weighted by atomic mass is 79.9. The van der Waals surface area contributed by atoms with Crippen molar-refractivity contribution in [1.29, 1.82) is 0 Å². The summed E-state index contributed by atoms with van der Waals surface area (Å²) >= 11 is 3.22. The molecule has 6 nitrogen and oxygen atoms in total. The lowest BCUT2D eigenvalue weighted by molar-refractivity contribution is 0.463. The summed E-state index contributed by atoms with van der Waals surface area (Å²) < 4.78 is 32.7. The minimum Gasteiger partial charge on any atom is -0.444 e. The summed E-state index contributed by atoms with van der Waals surface area (Å²) in [6.45, 7) is 3.54. The number of rotatable bonds is 4. The van der Waals surface area contributed by atoms with Crippen LogP contribution in [-0.2, 0) is 16.6 Å². The van der Waals surface area contributed by atoms with Crippen LogP contribution in [0.3, 0.4) is 0 Å². The van der Waals surface area contributed by atoms with Gasteiger partial charge in [-0.2, -0.15) is 0 Å². The summed E-state index contributed by atoms with van der Waals surface area (Å²) in [6, 6.07) is 4.65. The van der Waals surface area contributed by atoms with Gasteiger partial charge in [0.1, 0.15) is 10.7 Å². The van der Waals surface area contributed by atoms with E-state index in [1.807, 2.05) is 0 Å². The molecule has 0 atom stereocenters. The first-order chi connectivity index (χ1) is 9.29. The summed E-state index contributed by atoms with van der Waals surface area (Å²) in [5.41, 5.74) is 6.61. The van der Waals surface area contributed by atoms with Gasteiger partial charge in [-0.25, -0.2) is 18.1 Å². The number of nitrogens with zero attached hydrogens (tertiary/aromatic N) is 1. The van der Waals surface area contributed by atoms with Crippen LogP contribution in [0, 0.1) is 13.8 Å². The third-order valence-corrected chi connectivity index (χ3v) is 4.70. The van der Waals surface area contributed by atoms with E-state index in [0.717, 1.165) is 5.69 Å². The summed E-state index contributed by atoms with van der Waals surface area (Å²) in [5.74, 6) is 0.985. The molecule has 2 aromatic rings. The number of oxazole rings is 1. The maximum Gasteiger partial charge on any atom is 0.243 e. The smallest absolute Gasteiger partial charge is 0.243 e. The van der Waals surface area contributed by atoms with Crippen LogP contribution in [-0.4, -0.2) is 13.4 Å². The molecule has 1 heterocycles. The van der Waals surface area contributed by atoms with E-state index in [4.69, 9.17) is 10.2 Å². The molecular formula is C12H14BrN3O3S. The first kappa shape index (κ1) is 15.0. The fraction of sp³-hybridized carbons (Fsp3) is 0.250. The average Bonchev–Trinajstić information content (AvgIpc) is 2.69. The monoisotopic (exact) mass is 359 g/mol. The number of aromatic nitrogens is 1. The first-order valence-electron chi connectivity index (χ1n) is 5.77. The molecule has 8 heteroatoms. The van der Waals surface area contributed by atoms with Gasteiger partial charge in [0.2, 0.25) is 15.9 Å². The fourth-order valence-electron chi connectivity index (χ4n) is 1.59. The molecule has 108 valence electrons. The van der Waals surface area contributed by atoms with Crippen LogP contribution < -0.4 is 10.5 Å². The van der Waals surface area contributed by atoms with Crippen molar-refractivity contribution in [1.82, 2.24) is 9.71 Å². The topological polar surface area (TPSA) is 98.2 Å². The summed E-state index contributed by atoms with van der Waals surface area (Å²) in [4.78, 5) is 4.13. The number of nitrogen functional groups attached to an aromatic ring is 1. The summed E-state index contributed by atoms with van der Waals surface area (Å²) in [6.07, 6.45) is 0. The van der Waals surface area contributed by atoms with Crippen LogP contribution in [0.4, 0.5) is 5.69 Å². The Morgan fingerprint density at radius 1 is 1.40 bits per heavy atom. The number of nitrogens with one attached hydrogen (secondary N) is 1. The molecule has 20 heavy (non-hydrogen) atoms. The molecule has 1 aromatic heterocycles. The van der Waals surface area contributed by atoms with E-state index < -0.39 is 10.0 Å². The second kappa shape index (κ2) is 5.55. The van der Waals surface area contributed by atoms with E-state index in [-0.39, 0.29) is 17.1 Å². The third-order valence-electron chi connectivity index (χ3n) is 2.75. The average molecular weight is 360 g/mol. The molecule has 0 saturated carbocycles.